The van der Waals surface area contributed by atoms with Crippen LogP contribution in [-0.4, -0.2) is 35.7 Å². The van der Waals surface area contributed by atoms with Crippen LogP contribution in [0.15, 0.2) is 12.4 Å². The maximum absolute atomic E-state index is 11.8. The fourth-order valence-corrected chi connectivity index (χ4v) is 1.50. The van der Waals surface area contributed by atoms with Crippen molar-refractivity contribution >= 4 is 5.91 Å². The second-order valence-corrected chi connectivity index (χ2v) is 3.70. The van der Waals surface area contributed by atoms with Crippen LogP contribution < -0.4 is 5.32 Å². The molecular weight excluding hydrogens is 206 g/mol. The topological polar surface area (TPSA) is 56.1 Å². The summed E-state index contributed by atoms with van der Waals surface area (Å²) in [5.41, 5.74) is 0. The van der Waals surface area contributed by atoms with Gasteiger partial charge in [-0.2, -0.15) is 0 Å². The average molecular weight is 225 g/mol. The molecule has 90 valence electrons. The lowest BCUT2D eigenvalue weighted by atomic mass is 10.3. The molecule has 1 amide bonds. The Kier molecular flexibility index (Phi) is 4.98. The zero-order valence-corrected chi connectivity index (χ0v) is 10.1. The van der Waals surface area contributed by atoms with E-state index in [1.807, 2.05) is 24.6 Å². The monoisotopic (exact) mass is 225 g/mol. The summed E-state index contributed by atoms with van der Waals surface area (Å²) in [7, 11) is 1.65. The van der Waals surface area contributed by atoms with Gasteiger partial charge in [0.1, 0.15) is 11.9 Å². The molecule has 0 aliphatic carbocycles. The van der Waals surface area contributed by atoms with Crippen LogP contribution in [0, 0.1) is 6.92 Å². The fourth-order valence-electron chi connectivity index (χ4n) is 1.50. The zero-order chi connectivity index (χ0) is 12.0. The van der Waals surface area contributed by atoms with Crippen LogP contribution in [0.1, 0.15) is 25.2 Å². The highest BCUT2D eigenvalue weighted by Crippen LogP contribution is 2.08. The van der Waals surface area contributed by atoms with E-state index in [0.717, 1.165) is 12.2 Å². The Labute approximate surface area is 95.8 Å². The Morgan fingerprint density at radius 1 is 1.69 bits per heavy atom. The van der Waals surface area contributed by atoms with Crippen LogP contribution in [0.2, 0.25) is 0 Å². The number of nitrogens with one attached hydrogen (secondary N) is 1. The third-order valence-corrected chi connectivity index (χ3v) is 2.48. The van der Waals surface area contributed by atoms with Gasteiger partial charge in [-0.15, -0.1) is 0 Å². The number of carbonyl (C=O) groups is 1. The van der Waals surface area contributed by atoms with Gasteiger partial charge in [-0.3, -0.25) is 4.79 Å². The predicted octanol–water partition coefficient (Wildman–Crippen LogP) is 0.905. The molecule has 1 atom stereocenters. The molecule has 16 heavy (non-hydrogen) atoms. The second kappa shape index (κ2) is 6.27. The molecular formula is C11H19N3O2. The molecule has 0 saturated heterocycles. The van der Waals surface area contributed by atoms with E-state index < -0.39 is 0 Å². The number of carbonyl (C=O) groups excluding carboxylic acids is 1. The SMILES string of the molecule is COCCCNC(=O)C(C)n1ccnc1C. The molecule has 0 aliphatic rings. The molecule has 0 aromatic carbocycles. The number of aromatic nitrogens is 2. The largest absolute Gasteiger partial charge is 0.385 e. The van der Waals surface area contributed by atoms with Gasteiger partial charge in [-0.1, -0.05) is 0 Å². The van der Waals surface area contributed by atoms with Crippen LogP contribution in [0.4, 0.5) is 0 Å². The second-order valence-electron chi connectivity index (χ2n) is 3.70. The van der Waals surface area contributed by atoms with Crippen LogP contribution in [0.3, 0.4) is 0 Å². The molecule has 1 unspecified atom stereocenters. The van der Waals surface area contributed by atoms with Gasteiger partial charge in [-0.25, -0.2) is 4.98 Å². The van der Waals surface area contributed by atoms with Crippen LogP contribution in [0.5, 0.6) is 0 Å². The number of hydrogen-bond donors (Lipinski definition) is 1. The molecule has 1 N–H and O–H groups in total. The van der Waals surface area contributed by atoms with Crippen LogP contribution >= 0.6 is 0 Å². The number of methoxy groups -OCH3 is 1. The maximum Gasteiger partial charge on any atom is 0.242 e. The van der Waals surface area contributed by atoms with E-state index in [-0.39, 0.29) is 11.9 Å². The standard InChI is InChI=1S/C11H19N3O2/c1-9(14-7-6-12-10(14)2)11(15)13-5-4-8-16-3/h6-7,9H,4-5,8H2,1-3H3,(H,13,15). The smallest absolute Gasteiger partial charge is 0.242 e. The first-order valence-corrected chi connectivity index (χ1v) is 5.43. The van der Waals surface area contributed by atoms with E-state index in [1.54, 1.807) is 13.3 Å². The lowest BCUT2D eigenvalue weighted by molar-refractivity contribution is -0.123. The minimum atomic E-state index is -0.218. The van der Waals surface area contributed by atoms with Gasteiger partial charge in [0.2, 0.25) is 5.91 Å². The zero-order valence-electron chi connectivity index (χ0n) is 10.1. The van der Waals surface area contributed by atoms with E-state index in [4.69, 9.17) is 4.74 Å². The van der Waals surface area contributed by atoms with E-state index >= 15 is 0 Å². The summed E-state index contributed by atoms with van der Waals surface area (Å²) in [6.45, 7) is 5.05. The van der Waals surface area contributed by atoms with E-state index in [9.17, 15) is 4.79 Å². The molecule has 1 aromatic heterocycles. The summed E-state index contributed by atoms with van der Waals surface area (Å²) in [6.07, 6.45) is 4.34. The van der Waals surface area contributed by atoms with Gasteiger partial charge in [0.25, 0.3) is 0 Å². The third-order valence-electron chi connectivity index (χ3n) is 2.48. The Bertz CT molecular complexity index is 336. The Morgan fingerprint density at radius 2 is 2.44 bits per heavy atom. The molecule has 1 aromatic rings. The molecule has 0 saturated carbocycles. The van der Waals surface area contributed by atoms with Gasteiger partial charge < -0.3 is 14.6 Å². The fraction of sp³-hybridized carbons (Fsp3) is 0.636. The number of aryl methyl sites for hydroxylation is 1. The quantitative estimate of drug-likeness (QED) is 0.732. The van der Waals surface area contributed by atoms with Crippen molar-refractivity contribution in [3.63, 3.8) is 0 Å². The minimum Gasteiger partial charge on any atom is -0.385 e. The average Bonchev–Trinajstić information content (AvgIpc) is 2.69. The summed E-state index contributed by atoms with van der Waals surface area (Å²) < 4.78 is 6.76. The molecule has 1 rings (SSSR count). The Hall–Kier alpha value is -1.36. The lowest BCUT2D eigenvalue weighted by Gasteiger charge is -2.14. The summed E-state index contributed by atoms with van der Waals surface area (Å²) >= 11 is 0. The first kappa shape index (κ1) is 12.7. The number of ether oxygens (including phenoxy) is 1. The van der Waals surface area contributed by atoms with Gasteiger partial charge in [0.05, 0.1) is 0 Å². The first-order valence-electron chi connectivity index (χ1n) is 5.43. The third kappa shape index (κ3) is 3.34. The van der Waals surface area contributed by atoms with Crippen molar-refractivity contribution < 1.29 is 9.53 Å². The van der Waals surface area contributed by atoms with Crippen LogP contribution in [-0.2, 0) is 9.53 Å². The molecule has 0 aliphatic heterocycles. The van der Waals surface area contributed by atoms with E-state index in [1.165, 1.54) is 0 Å². The van der Waals surface area contributed by atoms with Gasteiger partial charge in [0, 0.05) is 32.7 Å². The lowest BCUT2D eigenvalue weighted by Crippen LogP contribution is -2.32. The summed E-state index contributed by atoms with van der Waals surface area (Å²) in [5, 5.41) is 2.87. The van der Waals surface area contributed by atoms with Crippen molar-refractivity contribution in [2.24, 2.45) is 0 Å². The normalized spacial score (nSPS) is 12.4. The summed E-state index contributed by atoms with van der Waals surface area (Å²) in [5.74, 6) is 0.858. The predicted molar refractivity (Wildman–Crippen MR) is 61.2 cm³/mol. The van der Waals surface area contributed by atoms with Crippen molar-refractivity contribution in [2.75, 3.05) is 20.3 Å². The Balaban J connectivity index is 2.40. The summed E-state index contributed by atoms with van der Waals surface area (Å²) in [4.78, 5) is 15.8. The number of nitrogens with zero attached hydrogens (tertiary/aromatic N) is 2. The van der Waals surface area contributed by atoms with Gasteiger partial charge in [0.15, 0.2) is 0 Å². The molecule has 5 nitrogen and oxygen atoms in total. The number of hydrogen-bond acceptors (Lipinski definition) is 3. The highest BCUT2D eigenvalue weighted by molar-refractivity contribution is 5.79. The molecule has 1 heterocycles. The van der Waals surface area contributed by atoms with Crippen molar-refractivity contribution in [1.82, 2.24) is 14.9 Å². The number of rotatable bonds is 6. The Morgan fingerprint density at radius 3 is 3.00 bits per heavy atom. The molecule has 5 heteroatoms. The first-order chi connectivity index (χ1) is 7.66. The van der Waals surface area contributed by atoms with E-state index in [2.05, 4.69) is 10.3 Å². The van der Waals surface area contributed by atoms with Gasteiger partial charge >= 0.3 is 0 Å². The highest BCUT2D eigenvalue weighted by atomic mass is 16.5. The van der Waals surface area contributed by atoms with Gasteiger partial charge in [-0.05, 0) is 20.3 Å². The van der Waals surface area contributed by atoms with Crippen molar-refractivity contribution in [2.45, 2.75) is 26.3 Å². The number of imidazole rings is 1. The van der Waals surface area contributed by atoms with Crippen molar-refractivity contribution in [1.29, 1.82) is 0 Å². The molecule has 0 fully saturated rings. The highest BCUT2D eigenvalue weighted by Gasteiger charge is 2.15. The molecule has 0 bridgehead atoms. The molecule has 0 spiro atoms. The minimum absolute atomic E-state index is 0.0113. The molecule has 0 radical (unpaired) electrons. The van der Waals surface area contributed by atoms with Crippen molar-refractivity contribution in [3.05, 3.63) is 18.2 Å². The van der Waals surface area contributed by atoms with Crippen molar-refractivity contribution in [3.8, 4) is 0 Å². The summed E-state index contributed by atoms with van der Waals surface area (Å²) in [6, 6.07) is -0.218. The maximum atomic E-state index is 11.8. The number of amides is 1. The van der Waals surface area contributed by atoms with Crippen LogP contribution in [0.25, 0.3) is 0 Å². The van der Waals surface area contributed by atoms with E-state index in [0.29, 0.717) is 13.2 Å².